The van der Waals surface area contributed by atoms with E-state index in [1.54, 1.807) is 0 Å². The average Bonchev–Trinajstić information content (AvgIpc) is 3.31. The van der Waals surface area contributed by atoms with Gasteiger partial charge in [0.1, 0.15) is 10.8 Å². The number of thiazole rings is 1. The quantitative estimate of drug-likeness (QED) is 0.659. The van der Waals surface area contributed by atoms with Crippen LogP contribution in [-0.4, -0.2) is 53.6 Å². The van der Waals surface area contributed by atoms with Crippen molar-refractivity contribution < 1.29 is 4.74 Å². The standard InChI is InChI=1S/C22H31N3OS/c1-3-24-14-11-20-21(16-24)27-22(23-20)18-7-9-19(10-8-18)26-15-5-13-25-12-4-6-17(25)2/h7-10,17H,3-6,11-16H2,1-2H3. The molecule has 4 nitrogen and oxygen atoms in total. The lowest BCUT2D eigenvalue weighted by molar-refractivity contribution is 0.230. The number of rotatable bonds is 7. The summed E-state index contributed by atoms with van der Waals surface area (Å²) >= 11 is 1.85. The molecule has 1 atom stereocenters. The number of aromatic nitrogens is 1. The van der Waals surface area contributed by atoms with Crippen LogP contribution in [-0.2, 0) is 13.0 Å². The number of likely N-dealkylation sites (N-methyl/N-ethyl adjacent to an activating group) is 1. The van der Waals surface area contributed by atoms with Crippen LogP contribution >= 0.6 is 11.3 Å². The van der Waals surface area contributed by atoms with E-state index in [1.807, 2.05) is 11.3 Å². The normalized spacial score (nSPS) is 20.7. The Kier molecular flexibility index (Phi) is 6.11. The van der Waals surface area contributed by atoms with Crippen LogP contribution in [0.3, 0.4) is 0 Å². The molecule has 1 aromatic carbocycles. The van der Waals surface area contributed by atoms with Crippen molar-refractivity contribution in [3.05, 3.63) is 34.8 Å². The number of nitrogens with zero attached hydrogens (tertiary/aromatic N) is 3. The van der Waals surface area contributed by atoms with E-state index < -0.39 is 0 Å². The molecule has 0 aliphatic carbocycles. The molecule has 3 heterocycles. The van der Waals surface area contributed by atoms with E-state index in [-0.39, 0.29) is 0 Å². The lowest BCUT2D eigenvalue weighted by Crippen LogP contribution is -2.29. The zero-order valence-electron chi connectivity index (χ0n) is 16.6. The van der Waals surface area contributed by atoms with E-state index in [0.717, 1.165) is 62.4 Å². The van der Waals surface area contributed by atoms with Gasteiger partial charge in [0.05, 0.1) is 12.3 Å². The van der Waals surface area contributed by atoms with E-state index in [1.165, 1.54) is 35.5 Å². The topological polar surface area (TPSA) is 28.6 Å². The highest BCUT2D eigenvalue weighted by Gasteiger charge is 2.20. The molecule has 0 N–H and O–H groups in total. The summed E-state index contributed by atoms with van der Waals surface area (Å²) in [5, 5.41) is 1.15. The van der Waals surface area contributed by atoms with Gasteiger partial charge in [-0.25, -0.2) is 4.98 Å². The van der Waals surface area contributed by atoms with Crippen molar-refractivity contribution in [2.24, 2.45) is 0 Å². The third kappa shape index (κ3) is 4.53. The maximum absolute atomic E-state index is 5.95. The SMILES string of the molecule is CCN1CCc2nc(-c3ccc(OCCCN4CCCC4C)cc3)sc2C1. The third-order valence-electron chi connectivity index (χ3n) is 5.91. The summed E-state index contributed by atoms with van der Waals surface area (Å²) in [5.74, 6) is 0.965. The Morgan fingerprint density at radius 1 is 1.22 bits per heavy atom. The second kappa shape index (κ2) is 8.72. The molecule has 0 radical (unpaired) electrons. The first-order valence-electron chi connectivity index (χ1n) is 10.4. The summed E-state index contributed by atoms with van der Waals surface area (Å²) in [4.78, 5) is 11.4. The van der Waals surface area contributed by atoms with Gasteiger partial charge >= 0.3 is 0 Å². The second-order valence-electron chi connectivity index (χ2n) is 7.76. The number of benzene rings is 1. The van der Waals surface area contributed by atoms with Gasteiger partial charge < -0.3 is 9.64 Å². The Bertz CT molecular complexity index is 743. The number of hydrogen-bond acceptors (Lipinski definition) is 5. The first-order valence-corrected chi connectivity index (χ1v) is 11.2. The summed E-state index contributed by atoms with van der Waals surface area (Å²) in [6, 6.07) is 9.23. The zero-order valence-corrected chi connectivity index (χ0v) is 17.4. The van der Waals surface area contributed by atoms with E-state index in [9.17, 15) is 0 Å². The monoisotopic (exact) mass is 385 g/mol. The number of hydrogen-bond donors (Lipinski definition) is 0. The molecule has 1 aromatic heterocycles. The number of fused-ring (bicyclic) bond motifs is 1. The van der Waals surface area contributed by atoms with Crippen molar-refractivity contribution in [3.8, 4) is 16.3 Å². The summed E-state index contributed by atoms with van der Waals surface area (Å²) in [5.41, 5.74) is 2.51. The van der Waals surface area contributed by atoms with Gasteiger partial charge in [-0.05, 0) is 63.5 Å². The largest absolute Gasteiger partial charge is 0.494 e. The van der Waals surface area contributed by atoms with Crippen LogP contribution in [0.4, 0.5) is 0 Å². The fraction of sp³-hybridized carbons (Fsp3) is 0.591. The number of ether oxygens (including phenoxy) is 1. The van der Waals surface area contributed by atoms with Gasteiger partial charge in [0, 0.05) is 42.5 Å². The molecule has 0 spiro atoms. The van der Waals surface area contributed by atoms with E-state index in [2.05, 4.69) is 47.9 Å². The van der Waals surface area contributed by atoms with E-state index >= 15 is 0 Å². The zero-order chi connectivity index (χ0) is 18.6. The van der Waals surface area contributed by atoms with Crippen LogP contribution in [0.5, 0.6) is 5.75 Å². The predicted molar refractivity (Wildman–Crippen MR) is 113 cm³/mol. The molecule has 0 bridgehead atoms. The summed E-state index contributed by atoms with van der Waals surface area (Å²) in [6.07, 6.45) is 4.87. The molecule has 1 saturated heterocycles. The molecule has 1 fully saturated rings. The van der Waals surface area contributed by atoms with Gasteiger partial charge in [-0.2, -0.15) is 0 Å². The molecule has 146 valence electrons. The highest BCUT2D eigenvalue weighted by molar-refractivity contribution is 7.15. The van der Waals surface area contributed by atoms with Crippen molar-refractivity contribution >= 4 is 11.3 Å². The van der Waals surface area contributed by atoms with Gasteiger partial charge in [0.2, 0.25) is 0 Å². The predicted octanol–water partition coefficient (Wildman–Crippen LogP) is 4.44. The molecule has 0 saturated carbocycles. The number of likely N-dealkylation sites (tertiary alicyclic amines) is 1. The summed E-state index contributed by atoms with van der Waals surface area (Å²) < 4.78 is 5.95. The van der Waals surface area contributed by atoms with Crippen LogP contribution < -0.4 is 4.74 Å². The summed E-state index contributed by atoms with van der Waals surface area (Å²) in [7, 11) is 0. The molecule has 5 heteroatoms. The van der Waals surface area contributed by atoms with Crippen LogP contribution in [0.1, 0.15) is 43.7 Å². The van der Waals surface area contributed by atoms with Crippen molar-refractivity contribution in [3.63, 3.8) is 0 Å². The Hall–Kier alpha value is -1.43. The first-order chi connectivity index (χ1) is 13.2. The van der Waals surface area contributed by atoms with Crippen molar-refractivity contribution in [1.29, 1.82) is 0 Å². The molecule has 1 unspecified atom stereocenters. The van der Waals surface area contributed by atoms with Crippen LogP contribution in [0.25, 0.3) is 10.6 Å². The van der Waals surface area contributed by atoms with Crippen LogP contribution in [0.2, 0.25) is 0 Å². The van der Waals surface area contributed by atoms with Gasteiger partial charge in [-0.15, -0.1) is 11.3 Å². The summed E-state index contributed by atoms with van der Waals surface area (Å²) in [6.45, 7) is 11.1. The minimum atomic E-state index is 0.748. The smallest absolute Gasteiger partial charge is 0.123 e. The minimum Gasteiger partial charge on any atom is -0.494 e. The van der Waals surface area contributed by atoms with Crippen molar-refractivity contribution in [1.82, 2.24) is 14.8 Å². The maximum atomic E-state index is 5.95. The Balaban J connectivity index is 1.29. The van der Waals surface area contributed by atoms with Gasteiger partial charge in [0.25, 0.3) is 0 Å². The second-order valence-corrected chi connectivity index (χ2v) is 8.84. The van der Waals surface area contributed by atoms with Gasteiger partial charge in [-0.3, -0.25) is 4.90 Å². The Morgan fingerprint density at radius 2 is 2.07 bits per heavy atom. The highest BCUT2D eigenvalue weighted by Crippen LogP contribution is 2.32. The van der Waals surface area contributed by atoms with Crippen LogP contribution in [0.15, 0.2) is 24.3 Å². The molecular weight excluding hydrogens is 354 g/mol. The molecule has 4 rings (SSSR count). The van der Waals surface area contributed by atoms with Gasteiger partial charge in [-0.1, -0.05) is 6.92 Å². The Labute approximate surface area is 167 Å². The van der Waals surface area contributed by atoms with E-state index in [4.69, 9.17) is 9.72 Å². The molecular formula is C22H31N3OS. The lowest BCUT2D eigenvalue weighted by Gasteiger charge is -2.23. The Morgan fingerprint density at radius 3 is 2.81 bits per heavy atom. The minimum absolute atomic E-state index is 0.748. The average molecular weight is 386 g/mol. The maximum Gasteiger partial charge on any atom is 0.123 e. The van der Waals surface area contributed by atoms with E-state index in [0.29, 0.717) is 0 Å². The van der Waals surface area contributed by atoms with Crippen molar-refractivity contribution in [2.75, 3.05) is 32.8 Å². The fourth-order valence-corrected chi connectivity index (χ4v) is 5.27. The molecule has 0 amide bonds. The highest BCUT2D eigenvalue weighted by atomic mass is 32.1. The molecule has 27 heavy (non-hydrogen) atoms. The molecule has 2 aliphatic heterocycles. The van der Waals surface area contributed by atoms with Crippen LogP contribution in [0, 0.1) is 0 Å². The third-order valence-corrected chi connectivity index (χ3v) is 7.04. The molecule has 2 aliphatic rings. The first kappa shape index (κ1) is 18.9. The fourth-order valence-electron chi connectivity index (χ4n) is 4.12. The molecule has 2 aromatic rings. The van der Waals surface area contributed by atoms with Gasteiger partial charge in [0.15, 0.2) is 0 Å². The van der Waals surface area contributed by atoms with Crippen molar-refractivity contribution in [2.45, 2.75) is 52.1 Å². The lowest BCUT2D eigenvalue weighted by atomic mass is 10.2.